The predicted octanol–water partition coefficient (Wildman–Crippen LogP) is 2.27. The lowest BCUT2D eigenvalue weighted by Gasteiger charge is -2.27. The second-order valence-electron chi connectivity index (χ2n) is 7.07. The molecule has 3 heterocycles. The van der Waals surface area contributed by atoms with Crippen LogP contribution in [0, 0.1) is 5.92 Å². The Morgan fingerprint density at radius 1 is 1.32 bits per heavy atom. The summed E-state index contributed by atoms with van der Waals surface area (Å²) < 4.78 is 5.47. The van der Waals surface area contributed by atoms with Crippen molar-refractivity contribution >= 4 is 39.1 Å². The fourth-order valence-corrected chi connectivity index (χ4v) is 4.79. The Hall–Kier alpha value is -2.22. The van der Waals surface area contributed by atoms with Gasteiger partial charge in [-0.3, -0.25) is 9.59 Å². The van der Waals surface area contributed by atoms with E-state index < -0.39 is 0 Å². The topological polar surface area (TPSA) is 76.5 Å². The Morgan fingerprint density at radius 2 is 2.04 bits per heavy atom. The molecule has 6 nitrogen and oxygen atoms in total. The van der Waals surface area contributed by atoms with Crippen molar-refractivity contribution in [2.75, 3.05) is 20.2 Å². The van der Waals surface area contributed by atoms with Gasteiger partial charge in [0.1, 0.15) is 11.2 Å². The molecular formula is C20H21ClN3O3S+. The number of likely N-dealkylation sites (tertiary alicyclic amines) is 1. The van der Waals surface area contributed by atoms with Crippen molar-refractivity contribution in [3.8, 4) is 10.4 Å². The first-order valence-corrected chi connectivity index (χ1v) is 10.4. The van der Waals surface area contributed by atoms with Gasteiger partial charge in [-0.1, -0.05) is 23.7 Å². The Labute approximate surface area is 171 Å². The molecular weight excluding hydrogens is 398 g/mol. The van der Waals surface area contributed by atoms with Gasteiger partial charge in [-0.15, -0.1) is 11.3 Å². The fourth-order valence-electron chi connectivity index (χ4n) is 3.67. The van der Waals surface area contributed by atoms with Crippen molar-refractivity contribution in [1.82, 2.24) is 9.97 Å². The van der Waals surface area contributed by atoms with Crippen LogP contribution in [-0.4, -0.2) is 36.1 Å². The molecule has 8 heteroatoms. The number of piperidine rings is 1. The SMILES string of the molecule is COC(=O)C1CC[NH+](Cc2nc3cc(-c4ccc(Cl)cc4)sc3c(=O)[nH]2)CC1. The normalized spacial score (nSPS) is 19.6. The summed E-state index contributed by atoms with van der Waals surface area (Å²) in [5.74, 6) is 0.548. The molecule has 0 aliphatic carbocycles. The Bertz CT molecular complexity index is 1050. The molecule has 146 valence electrons. The minimum Gasteiger partial charge on any atom is -0.469 e. The van der Waals surface area contributed by atoms with Crippen LogP contribution >= 0.6 is 22.9 Å². The van der Waals surface area contributed by atoms with Gasteiger partial charge in [0.2, 0.25) is 0 Å². The minimum absolute atomic E-state index is 0.0120. The number of methoxy groups -OCH3 is 1. The highest BCUT2D eigenvalue weighted by Gasteiger charge is 2.28. The number of hydrogen-bond donors (Lipinski definition) is 2. The van der Waals surface area contributed by atoms with Crippen LogP contribution in [0.3, 0.4) is 0 Å². The summed E-state index contributed by atoms with van der Waals surface area (Å²) in [6.07, 6.45) is 1.60. The fraction of sp³-hybridized carbons (Fsp3) is 0.350. The summed E-state index contributed by atoms with van der Waals surface area (Å²) in [6, 6.07) is 9.52. The molecule has 1 aromatic carbocycles. The molecule has 1 saturated heterocycles. The maximum Gasteiger partial charge on any atom is 0.309 e. The van der Waals surface area contributed by atoms with Crippen molar-refractivity contribution in [2.24, 2.45) is 5.92 Å². The Kier molecular flexibility index (Phi) is 5.48. The Morgan fingerprint density at radius 3 is 2.71 bits per heavy atom. The zero-order chi connectivity index (χ0) is 19.7. The number of aromatic amines is 1. The lowest BCUT2D eigenvalue weighted by Crippen LogP contribution is -3.12. The Balaban J connectivity index is 1.52. The number of esters is 1. The first-order valence-electron chi connectivity index (χ1n) is 9.23. The number of ether oxygens (including phenoxy) is 1. The molecule has 2 N–H and O–H groups in total. The second-order valence-corrected chi connectivity index (χ2v) is 8.56. The van der Waals surface area contributed by atoms with Gasteiger partial charge >= 0.3 is 5.97 Å². The number of carbonyl (C=O) groups excluding carboxylic acids is 1. The highest BCUT2D eigenvalue weighted by molar-refractivity contribution is 7.22. The number of hydrogen-bond acceptors (Lipinski definition) is 5. The van der Waals surface area contributed by atoms with Crippen LogP contribution in [0.15, 0.2) is 35.1 Å². The summed E-state index contributed by atoms with van der Waals surface area (Å²) in [4.78, 5) is 34.1. The molecule has 2 aromatic heterocycles. The molecule has 0 radical (unpaired) electrons. The van der Waals surface area contributed by atoms with Crippen LogP contribution < -0.4 is 10.5 Å². The highest BCUT2D eigenvalue weighted by Crippen LogP contribution is 2.31. The molecule has 4 rings (SSSR count). The number of H-pyrrole nitrogens is 1. The summed E-state index contributed by atoms with van der Waals surface area (Å²) in [5.41, 5.74) is 1.63. The van der Waals surface area contributed by atoms with Crippen molar-refractivity contribution in [1.29, 1.82) is 0 Å². The summed E-state index contributed by atoms with van der Waals surface area (Å²) >= 11 is 7.40. The van der Waals surface area contributed by atoms with E-state index in [1.807, 2.05) is 30.3 Å². The van der Waals surface area contributed by atoms with Gasteiger partial charge < -0.3 is 14.6 Å². The molecule has 1 fully saturated rings. The van der Waals surface area contributed by atoms with E-state index in [1.165, 1.54) is 23.3 Å². The van der Waals surface area contributed by atoms with Gasteiger partial charge in [0, 0.05) is 22.7 Å². The molecule has 0 spiro atoms. The van der Waals surface area contributed by atoms with Crippen molar-refractivity contribution in [3.63, 3.8) is 0 Å². The number of quaternary nitrogens is 1. The number of fused-ring (bicyclic) bond motifs is 1. The zero-order valence-electron chi connectivity index (χ0n) is 15.5. The average molecular weight is 419 g/mol. The molecule has 3 aromatic rings. The molecule has 0 saturated carbocycles. The molecule has 0 atom stereocenters. The van der Waals surface area contributed by atoms with E-state index in [4.69, 9.17) is 16.3 Å². The van der Waals surface area contributed by atoms with Gasteiger partial charge in [0.25, 0.3) is 5.56 Å². The summed E-state index contributed by atoms with van der Waals surface area (Å²) in [5, 5.41) is 0.682. The maximum absolute atomic E-state index is 12.5. The van der Waals surface area contributed by atoms with E-state index in [1.54, 1.807) is 0 Å². The third-order valence-electron chi connectivity index (χ3n) is 5.21. The minimum atomic E-state index is -0.125. The van der Waals surface area contributed by atoms with Crippen molar-refractivity contribution in [2.45, 2.75) is 19.4 Å². The van der Waals surface area contributed by atoms with Gasteiger partial charge in [-0.25, -0.2) is 4.98 Å². The largest absolute Gasteiger partial charge is 0.469 e. The molecule has 0 bridgehead atoms. The van der Waals surface area contributed by atoms with Crippen LogP contribution in [-0.2, 0) is 16.1 Å². The van der Waals surface area contributed by atoms with Crippen LogP contribution in [0.1, 0.15) is 18.7 Å². The number of thiophene rings is 1. The van der Waals surface area contributed by atoms with Crippen molar-refractivity contribution < 1.29 is 14.4 Å². The first-order chi connectivity index (χ1) is 13.5. The smallest absolute Gasteiger partial charge is 0.309 e. The molecule has 28 heavy (non-hydrogen) atoms. The van der Waals surface area contributed by atoms with Gasteiger partial charge in [0.15, 0.2) is 5.82 Å². The van der Waals surface area contributed by atoms with Crippen LogP contribution in [0.2, 0.25) is 5.02 Å². The van der Waals surface area contributed by atoms with E-state index >= 15 is 0 Å². The van der Waals surface area contributed by atoms with Crippen LogP contribution in [0.5, 0.6) is 0 Å². The van der Waals surface area contributed by atoms with Crippen molar-refractivity contribution in [3.05, 3.63) is 51.5 Å². The van der Waals surface area contributed by atoms with Crippen LogP contribution in [0.25, 0.3) is 20.7 Å². The number of aromatic nitrogens is 2. The van der Waals surface area contributed by atoms with E-state index in [9.17, 15) is 9.59 Å². The lowest BCUT2D eigenvalue weighted by molar-refractivity contribution is -0.920. The molecule has 0 amide bonds. The van der Waals surface area contributed by atoms with Gasteiger partial charge in [-0.2, -0.15) is 0 Å². The van der Waals surface area contributed by atoms with E-state index in [0.29, 0.717) is 22.1 Å². The summed E-state index contributed by atoms with van der Waals surface area (Å²) in [7, 11) is 1.44. The number of rotatable bonds is 4. The van der Waals surface area contributed by atoms with Gasteiger partial charge in [-0.05, 0) is 23.8 Å². The van der Waals surface area contributed by atoms with Crippen LogP contribution in [0.4, 0.5) is 0 Å². The number of carbonyl (C=O) groups is 1. The monoisotopic (exact) mass is 418 g/mol. The average Bonchev–Trinajstić information content (AvgIpc) is 3.13. The molecule has 1 aliphatic rings. The highest BCUT2D eigenvalue weighted by atomic mass is 35.5. The zero-order valence-corrected chi connectivity index (χ0v) is 17.0. The molecule has 1 aliphatic heterocycles. The standard InChI is InChI=1S/C20H20ClN3O3S/c1-27-20(26)13-6-8-24(9-7-13)11-17-22-15-10-16(28-18(15)19(25)23-17)12-2-4-14(21)5-3-12/h2-5,10,13H,6-9,11H2,1H3,(H,22,23,25)/p+1. The quantitative estimate of drug-likeness (QED) is 0.637. The number of nitrogens with one attached hydrogen (secondary N) is 2. The maximum atomic E-state index is 12.5. The first kappa shape index (κ1) is 19.1. The third-order valence-corrected chi connectivity index (χ3v) is 6.63. The second kappa shape index (κ2) is 8.03. The van der Waals surface area contributed by atoms with Gasteiger partial charge in [0.05, 0.1) is 31.6 Å². The third kappa shape index (κ3) is 3.97. The number of nitrogens with zero attached hydrogens (tertiary/aromatic N) is 1. The molecule has 0 unspecified atom stereocenters. The lowest BCUT2D eigenvalue weighted by atomic mass is 9.97. The van der Waals surface area contributed by atoms with E-state index in [0.717, 1.165) is 41.9 Å². The number of benzene rings is 1. The number of halogens is 1. The summed E-state index contributed by atoms with van der Waals surface area (Å²) in [6.45, 7) is 2.37. The van der Waals surface area contributed by atoms with E-state index in [-0.39, 0.29) is 17.4 Å². The van der Waals surface area contributed by atoms with E-state index in [2.05, 4.69) is 9.97 Å². The predicted molar refractivity (Wildman–Crippen MR) is 110 cm³/mol.